The highest BCUT2D eigenvalue weighted by molar-refractivity contribution is 8.00. The molecule has 30 heavy (non-hydrogen) atoms. The van der Waals surface area contributed by atoms with Crippen LogP contribution in [0.15, 0.2) is 94.9 Å². The Morgan fingerprint density at radius 2 is 1.53 bits per heavy atom. The first-order valence-corrected chi connectivity index (χ1v) is 10.9. The summed E-state index contributed by atoms with van der Waals surface area (Å²) in [5.41, 5.74) is 2.20. The van der Waals surface area contributed by atoms with Gasteiger partial charge in [-0.15, -0.1) is 0 Å². The number of nitrogens with zero attached hydrogens (tertiary/aromatic N) is 2. The van der Waals surface area contributed by atoms with Crippen LogP contribution in [0.1, 0.15) is 40.1 Å². The number of hydrogen-bond donors (Lipinski definition) is 0. The van der Waals surface area contributed by atoms with E-state index in [2.05, 4.69) is 0 Å². The van der Waals surface area contributed by atoms with Gasteiger partial charge in [-0.25, -0.2) is 4.98 Å². The Morgan fingerprint density at radius 3 is 2.23 bits per heavy atom. The van der Waals surface area contributed by atoms with Gasteiger partial charge in [0.25, 0.3) is 5.56 Å². The first-order chi connectivity index (χ1) is 14.7. The van der Waals surface area contributed by atoms with E-state index >= 15 is 0 Å². The summed E-state index contributed by atoms with van der Waals surface area (Å²) in [6.07, 6.45) is 1.94. The SMILES string of the molecule is O=C(c1ccccc1)[C@@H](Sc1nc2ccccc2c(=O)n1C1CC1)c1ccccc1. The van der Waals surface area contributed by atoms with Gasteiger partial charge in [0.05, 0.1) is 10.9 Å². The van der Waals surface area contributed by atoms with Crippen LogP contribution in [0.5, 0.6) is 0 Å². The maximum atomic E-state index is 13.5. The number of hydrogen-bond acceptors (Lipinski definition) is 4. The Balaban J connectivity index is 1.63. The number of ketones is 1. The van der Waals surface area contributed by atoms with E-state index in [-0.39, 0.29) is 17.4 Å². The van der Waals surface area contributed by atoms with Crippen molar-refractivity contribution in [2.24, 2.45) is 0 Å². The lowest BCUT2D eigenvalue weighted by atomic mass is 10.0. The smallest absolute Gasteiger partial charge is 0.262 e. The largest absolute Gasteiger partial charge is 0.293 e. The number of Topliss-reactive ketones (excluding diaryl/α,β-unsaturated/α-hetero) is 1. The zero-order chi connectivity index (χ0) is 20.5. The van der Waals surface area contributed by atoms with Gasteiger partial charge in [-0.2, -0.15) is 0 Å². The van der Waals surface area contributed by atoms with E-state index in [0.29, 0.717) is 21.6 Å². The molecule has 4 nitrogen and oxygen atoms in total. The van der Waals surface area contributed by atoms with Crippen molar-refractivity contribution < 1.29 is 4.79 Å². The third kappa shape index (κ3) is 3.57. The van der Waals surface area contributed by atoms with Gasteiger partial charge in [-0.05, 0) is 30.5 Å². The molecule has 0 bridgehead atoms. The highest BCUT2D eigenvalue weighted by Crippen LogP contribution is 2.42. The van der Waals surface area contributed by atoms with E-state index in [1.54, 1.807) is 4.57 Å². The molecular weight excluding hydrogens is 392 g/mol. The minimum Gasteiger partial charge on any atom is -0.293 e. The van der Waals surface area contributed by atoms with Crippen LogP contribution < -0.4 is 5.56 Å². The number of carbonyl (C=O) groups excluding carboxylic acids is 1. The molecule has 0 N–H and O–H groups in total. The lowest BCUT2D eigenvalue weighted by molar-refractivity contribution is 0.0989. The van der Waals surface area contributed by atoms with Crippen molar-refractivity contribution >= 4 is 28.4 Å². The van der Waals surface area contributed by atoms with Crippen LogP contribution in [-0.2, 0) is 0 Å². The van der Waals surface area contributed by atoms with E-state index in [0.717, 1.165) is 18.4 Å². The van der Waals surface area contributed by atoms with E-state index in [4.69, 9.17) is 4.98 Å². The third-order valence-electron chi connectivity index (χ3n) is 5.31. The third-order valence-corrected chi connectivity index (χ3v) is 6.53. The highest BCUT2D eigenvalue weighted by atomic mass is 32.2. The summed E-state index contributed by atoms with van der Waals surface area (Å²) in [5.74, 6) is 0.0107. The Kier molecular flexibility index (Phi) is 4.97. The van der Waals surface area contributed by atoms with Gasteiger partial charge in [0.1, 0.15) is 5.25 Å². The quantitative estimate of drug-likeness (QED) is 0.240. The molecule has 0 aliphatic heterocycles. The van der Waals surface area contributed by atoms with Gasteiger partial charge in [0.2, 0.25) is 0 Å². The van der Waals surface area contributed by atoms with Crippen LogP contribution in [0.2, 0.25) is 0 Å². The van der Waals surface area contributed by atoms with Crippen LogP contribution in [0, 0.1) is 0 Å². The standard InChI is InChI=1S/C25H20N2O2S/c28-22(17-9-3-1-4-10-17)23(18-11-5-2-6-12-18)30-25-26-21-14-8-7-13-20(21)24(29)27(25)19-15-16-19/h1-14,19,23H,15-16H2/t23-/m0/s1. The summed E-state index contributed by atoms with van der Waals surface area (Å²) < 4.78 is 1.79. The second kappa shape index (κ2) is 7.92. The monoisotopic (exact) mass is 412 g/mol. The van der Waals surface area contributed by atoms with Crippen LogP contribution >= 0.6 is 11.8 Å². The Bertz CT molecular complexity index is 1260. The fourth-order valence-electron chi connectivity index (χ4n) is 3.62. The maximum Gasteiger partial charge on any atom is 0.262 e. The van der Waals surface area contributed by atoms with Crippen molar-refractivity contribution in [1.29, 1.82) is 0 Å². The first kappa shape index (κ1) is 18.8. The van der Waals surface area contributed by atoms with Gasteiger partial charge in [0, 0.05) is 11.6 Å². The number of aromatic nitrogens is 2. The van der Waals surface area contributed by atoms with Crippen LogP contribution in [-0.4, -0.2) is 15.3 Å². The van der Waals surface area contributed by atoms with Gasteiger partial charge in [-0.3, -0.25) is 14.2 Å². The zero-order valence-electron chi connectivity index (χ0n) is 16.3. The van der Waals surface area contributed by atoms with Gasteiger partial charge < -0.3 is 0 Å². The Labute approximate surface area is 178 Å². The van der Waals surface area contributed by atoms with Crippen molar-refractivity contribution in [3.05, 3.63) is 106 Å². The Hall–Kier alpha value is -3.18. The first-order valence-electron chi connectivity index (χ1n) is 10.0. The summed E-state index contributed by atoms with van der Waals surface area (Å²) in [7, 11) is 0. The molecule has 5 rings (SSSR count). The molecule has 1 aromatic heterocycles. The molecule has 5 heteroatoms. The van der Waals surface area contributed by atoms with Crippen molar-refractivity contribution in [3.8, 4) is 0 Å². The summed E-state index contributed by atoms with van der Waals surface area (Å²) >= 11 is 1.37. The van der Waals surface area contributed by atoms with Gasteiger partial charge in [-0.1, -0.05) is 84.6 Å². The lowest BCUT2D eigenvalue weighted by Gasteiger charge is -2.19. The normalized spacial score (nSPS) is 14.5. The number of fused-ring (bicyclic) bond motifs is 1. The summed E-state index contributed by atoms with van der Waals surface area (Å²) in [5, 5.41) is 0.755. The van der Waals surface area contributed by atoms with Crippen LogP contribution in [0.3, 0.4) is 0 Å². The summed E-state index contributed by atoms with van der Waals surface area (Å²) in [4.78, 5) is 31.5. The summed E-state index contributed by atoms with van der Waals surface area (Å²) in [6.45, 7) is 0. The summed E-state index contributed by atoms with van der Waals surface area (Å²) in [6, 6.07) is 26.6. The van der Waals surface area contributed by atoms with E-state index in [1.807, 2.05) is 84.9 Å². The molecule has 1 atom stereocenters. The molecular formula is C25H20N2O2S. The molecule has 4 aromatic rings. The minimum atomic E-state index is -0.480. The average Bonchev–Trinajstić information content (AvgIpc) is 3.63. The number of benzene rings is 3. The number of rotatable bonds is 6. The molecule has 1 heterocycles. The average molecular weight is 413 g/mol. The number of carbonyl (C=O) groups is 1. The predicted octanol–water partition coefficient (Wildman–Crippen LogP) is 5.45. The zero-order valence-corrected chi connectivity index (χ0v) is 17.1. The van der Waals surface area contributed by atoms with Crippen molar-refractivity contribution in [2.75, 3.05) is 0 Å². The molecule has 0 radical (unpaired) electrons. The number of para-hydroxylation sites is 1. The fraction of sp³-hybridized carbons (Fsp3) is 0.160. The molecule has 3 aromatic carbocycles. The van der Waals surface area contributed by atoms with E-state index in [9.17, 15) is 9.59 Å². The number of thioether (sulfide) groups is 1. The second-order valence-electron chi connectivity index (χ2n) is 7.46. The maximum absolute atomic E-state index is 13.5. The predicted molar refractivity (Wildman–Crippen MR) is 120 cm³/mol. The minimum absolute atomic E-state index is 0.0107. The molecule has 1 aliphatic carbocycles. The molecule has 0 unspecified atom stereocenters. The van der Waals surface area contributed by atoms with Crippen molar-refractivity contribution in [3.63, 3.8) is 0 Å². The van der Waals surface area contributed by atoms with Gasteiger partial charge in [0.15, 0.2) is 10.9 Å². The van der Waals surface area contributed by atoms with Crippen LogP contribution in [0.4, 0.5) is 0 Å². The van der Waals surface area contributed by atoms with Crippen molar-refractivity contribution in [1.82, 2.24) is 9.55 Å². The van der Waals surface area contributed by atoms with Crippen LogP contribution in [0.25, 0.3) is 10.9 Å². The second-order valence-corrected chi connectivity index (χ2v) is 8.53. The molecule has 0 saturated heterocycles. The molecule has 0 spiro atoms. The van der Waals surface area contributed by atoms with Crippen molar-refractivity contribution in [2.45, 2.75) is 29.3 Å². The van der Waals surface area contributed by atoms with E-state index in [1.165, 1.54) is 11.8 Å². The lowest BCUT2D eigenvalue weighted by Crippen LogP contribution is -2.23. The molecule has 1 saturated carbocycles. The van der Waals surface area contributed by atoms with Gasteiger partial charge >= 0.3 is 0 Å². The Morgan fingerprint density at radius 1 is 0.900 bits per heavy atom. The molecule has 148 valence electrons. The topological polar surface area (TPSA) is 52.0 Å². The molecule has 1 fully saturated rings. The molecule has 0 amide bonds. The highest BCUT2D eigenvalue weighted by Gasteiger charge is 2.31. The molecule has 1 aliphatic rings. The fourth-order valence-corrected chi connectivity index (χ4v) is 4.87. The van der Waals surface area contributed by atoms with E-state index < -0.39 is 5.25 Å².